The van der Waals surface area contributed by atoms with Gasteiger partial charge < -0.3 is 5.32 Å². The van der Waals surface area contributed by atoms with E-state index in [2.05, 4.69) is 49.2 Å². The Hall–Kier alpha value is -1.35. The fraction of sp³-hybridized carbons (Fsp3) is 0.533. The minimum absolute atomic E-state index is 0.102. The van der Waals surface area contributed by atoms with Crippen molar-refractivity contribution in [3.8, 4) is 0 Å². The van der Waals surface area contributed by atoms with Gasteiger partial charge in [0.05, 0.1) is 6.54 Å². The second-order valence-corrected chi connectivity index (χ2v) is 4.69. The van der Waals surface area contributed by atoms with Crippen molar-refractivity contribution in [2.24, 2.45) is 0 Å². The SMILES string of the molecule is CCNC(=O)CN(CC)Cc1cc(C)ccc1C. The molecule has 1 rings (SSSR count). The lowest BCUT2D eigenvalue weighted by Gasteiger charge is -2.21. The van der Waals surface area contributed by atoms with Gasteiger partial charge in [0.15, 0.2) is 0 Å². The van der Waals surface area contributed by atoms with Crippen LogP contribution in [0.4, 0.5) is 0 Å². The third kappa shape index (κ3) is 4.49. The van der Waals surface area contributed by atoms with Crippen molar-refractivity contribution in [1.29, 1.82) is 0 Å². The lowest BCUT2D eigenvalue weighted by Crippen LogP contribution is -2.36. The summed E-state index contributed by atoms with van der Waals surface area (Å²) in [6.07, 6.45) is 0. The van der Waals surface area contributed by atoms with E-state index >= 15 is 0 Å². The third-order valence-electron chi connectivity index (χ3n) is 3.09. The van der Waals surface area contributed by atoms with Crippen LogP contribution in [0.3, 0.4) is 0 Å². The number of rotatable bonds is 6. The van der Waals surface area contributed by atoms with Crippen LogP contribution in [-0.2, 0) is 11.3 Å². The summed E-state index contributed by atoms with van der Waals surface area (Å²) in [6.45, 7) is 11.1. The summed E-state index contributed by atoms with van der Waals surface area (Å²) in [7, 11) is 0. The molecule has 0 unspecified atom stereocenters. The van der Waals surface area contributed by atoms with Crippen molar-refractivity contribution in [3.63, 3.8) is 0 Å². The molecule has 1 amide bonds. The molecular formula is C15H24N2O. The lowest BCUT2D eigenvalue weighted by molar-refractivity contribution is -0.122. The summed E-state index contributed by atoms with van der Waals surface area (Å²) in [6, 6.07) is 6.47. The quantitative estimate of drug-likeness (QED) is 0.837. The second kappa shape index (κ2) is 7.17. The summed E-state index contributed by atoms with van der Waals surface area (Å²) in [5, 5.41) is 2.84. The summed E-state index contributed by atoms with van der Waals surface area (Å²) >= 11 is 0. The molecular weight excluding hydrogens is 224 g/mol. The van der Waals surface area contributed by atoms with Crippen molar-refractivity contribution in [2.75, 3.05) is 19.6 Å². The van der Waals surface area contributed by atoms with Crippen LogP contribution in [0.1, 0.15) is 30.5 Å². The largest absolute Gasteiger partial charge is 0.355 e. The molecule has 0 aliphatic rings. The number of carbonyl (C=O) groups is 1. The monoisotopic (exact) mass is 248 g/mol. The van der Waals surface area contributed by atoms with Crippen molar-refractivity contribution in [3.05, 3.63) is 34.9 Å². The van der Waals surface area contributed by atoms with Gasteiger partial charge in [-0.15, -0.1) is 0 Å². The molecule has 3 heteroatoms. The average Bonchev–Trinajstić information content (AvgIpc) is 2.33. The highest BCUT2D eigenvalue weighted by Gasteiger charge is 2.10. The first-order valence-corrected chi connectivity index (χ1v) is 6.62. The first kappa shape index (κ1) is 14.7. The summed E-state index contributed by atoms with van der Waals surface area (Å²) in [4.78, 5) is 13.8. The minimum Gasteiger partial charge on any atom is -0.355 e. The molecule has 1 aromatic carbocycles. The van der Waals surface area contributed by atoms with Gasteiger partial charge in [0, 0.05) is 13.1 Å². The van der Waals surface area contributed by atoms with Gasteiger partial charge in [-0.25, -0.2) is 0 Å². The van der Waals surface area contributed by atoms with E-state index < -0.39 is 0 Å². The van der Waals surface area contributed by atoms with Crippen LogP contribution in [-0.4, -0.2) is 30.4 Å². The van der Waals surface area contributed by atoms with E-state index in [4.69, 9.17) is 0 Å². The van der Waals surface area contributed by atoms with E-state index in [-0.39, 0.29) is 5.91 Å². The summed E-state index contributed by atoms with van der Waals surface area (Å²) in [5.41, 5.74) is 3.86. The molecule has 0 aliphatic carbocycles. The highest BCUT2D eigenvalue weighted by Crippen LogP contribution is 2.13. The third-order valence-corrected chi connectivity index (χ3v) is 3.09. The van der Waals surface area contributed by atoms with Gasteiger partial charge in [0.2, 0.25) is 5.91 Å². The van der Waals surface area contributed by atoms with Crippen LogP contribution >= 0.6 is 0 Å². The predicted molar refractivity (Wildman–Crippen MR) is 75.6 cm³/mol. The molecule has 3 nitrogen and oxygen atoms in total. The van der Waals surface area contributed by atoms with Crippen LogP contribution in [0.25, 0.3) is 0 Å². The van der Waals surface area contributed by atoms with E-state index in [9.17, 15) is 4.79 Å². The fourth-order valence-electron chi connectivity index (χ4n) is 1.95. The maximum absolute atomic E-state index is 11.6. The van der Waals surface area contributed by atoms with Crippen molar-refractivity contribution in [2.45, 2.75) is 34.2 Å². The highest BCUT2D eigenvalue weighted by atomic mass is 16.2. The Bertz CT molecular complexity index is 401. The maximum Gasteiger partial charge on any atom is 0.234 e. The number of aryl methyl sites for hydroxylation is 2. The van der Waals surface area contributed by atoms with Crippen LogP contribution in [0.2, 0.25) is 0 Å². The molecule has 0 heterocycles. The van der Waals surface area contributed by atoms with Crippen LogP contribution in [0.5, 0.6) is 0 Å². The zero-order valence-electron chi connectivity index (χ0n) is 11.9. The van der Waals surface area contributed by atoms with Gasteiger partial charge >= 0.3 is 0 Å². The molecule has 0 bridgehead atoms. The molecule has 1 aromatic rings. The average molecular weight is 248 g/mol. The van der Waals surface area contributed by atoms with E-state index in [0.717, 1.165) is 13.1 Å². The summed E-state index contributed by atoms with van der Waals surface area (Å²) < 4.78 is 0. The topological polar surface area (TPSA) is 32.3 Å². The van der Waals surface area contributed by atoms with E-state index in [1.54, 1.807) is 0 Å². The van der Waals surface area contributed by atoms with Gasteiger partial charge in [-0.2, -0.15) is 0 Å². The first-order valence-electron chi connectivity index (χ1n) is 6.62. The Labute approximate surface area is 110 Å². The number of hydrogen-bond acceptors (Lipinski definition) is 2. The molecule has 0 saturated carbocycles. The molecule has 0 radical (unpaired) electrons. The van der Waals surface area contributed by atoms with Crippen LogP contribution in [0, 0.1) is 13.8 Å². The smallest absolute Gasteiger partial charge is 0.234 e. The van der Waals surface area contributed by atoms with E-state index in [0.29, 0.717) is 13.1 Å². The van der Waals surface area contributed by atoms with Gasteiger partial charge in [0.25, 0.3) is 0 Å². The lowest BCUT2D eigenvalue weighted by atomic mass is 10.1. The van der Waals surface area contributed by atoms with Crippen LogP contribution in [0.15, 0.2) is 18.2 Å². The Morgan fingerprint density at radius 3 is 2.61 bits per heavy atom. The normalized spacial score (nSPS) is 10.7. The summed E-state index contributed by atoms with van der Waals surface area (Å²) in [5.74, 6) is 0.102. The number of hydrogen-bond donors (Lipinski definition) is 1. The number of nitrogens with one attached hydrogen (secondary N) is 1. The molecule has 0 spiro atoms. The van der Waals surface area contributed by atoms with Crippen molar-refractivity contribution >= 4 is 5.91 Å². The Kier molecular flexibility index (Phi) is 5.86. The van der Waals surface area contributed by atoms with Gasteiger partial charge in [-0.3, -0.25) is 9.69 Å². The van der Waals surface area contributed by atoms with Gasteiger partial charge in [-0.1, -0.05) is 30.7 Å². The van der Waals surface area contributed by atoms with E-state index in [1.807, 2.05) is 6.92 Å². The number of nitrogens with zero attached hydrogens (tertiary/aromatic N) is 1. The molecule has 0 saturated heterocycles. The molecule has 1 N–H and O–H groups in total. The first-order chi connectivity index (χ1) is 8.56. The predicted octanol–water partition coefficient (Wildman–Crippen LogP) is 2.26. The van der Waals surface area contributed by atoms with Crippen LogP contribution < -0.4 is 5.32 Å². The number of likely N-dealkylation sites (N-methyl/N-ethyl adjacent to an activating group) is 2. The van der Waals surface area contributed by atoms with Crippen molar-refractivity contribution in [1.82, 2.24) is 10.2 Å². The molecule has 0 aliphatic heterocycles. The zero-order valence-corrected chi connectivity index (χ0v) is 11.9. The van der Waals surface area contributed by atoms with Crippen molar-refractivity contribution < 1.29 is 4.79 Å². The minimum atomic E-state index is 0.102. The number of carbonyl (C=O) groups excluding carboxylic acids is 1. The molecule has 18 heavy (non-hydrogen) atoms. The number of amides is 1. The molecule has 0 atom stereocenters. The zero-order chi connectivity index (χ0) is 13.5. The highest BCUT2D eigenvalue weighted by molar-refractivity contribution is 5.77. The van der Waals surface area contributed by atoms with Gasteiger partial charge in [-0.05, 0) is 38.4 Å². The fourth-order valence-corrected chi connectivity index (χ4v) is 1.95. The Balaban J connectivity index is 2.67. The Morgan fingerprint density at radius 2 is 2.00 bits per heavy atom. The maximum atomic E-state index is 11.6. The van der Waals surface area contributed by atoms with Gasteiger partial charge in [0.1, 0.15) is 0 Å². The molecule has 100 valence electrons. The molecule has 0 fully saturated rings. The number of benzene rings is 1. The molecule has 0 aromatic heterocycles. The Morgan fingerprint density at radius 1 is 1.28 bits per heavy atom. The second-order valence-electron chi connectivity index (χ2n) is 4.69. The standard InChI is InChI=1S/C15H24N2O/c1-5-16-15(18)11-17(6-2)10-14-9-12(3)7-8-13(14)4/h7-9H,5-6,10-11H2,1-4H3,(H,16,18). The van der Waals surface area contributed by atoms with E-state index in [1.165, 1.54) is 16.7 Å².